The van der Waals surface area contributed by atoms with E-state index in [0.717, 1.165) is 5.56 Å². The number of nitrogens with two attached hydrogens (primary N) is 2. The van der Waals surface area contributed by atoms with E-state index >= 15 is 0 Å². The van der Waals surface area contributed by atoms with Crippen molar-refractivity contribution in [3.8, 4) is 0 Å². The zero-order valence-corrected chi connectivity index (χ0v) is 10.4. The number of carbonyl (C=O) groups is 2. The SMILES string of the molecule is NNC(=O)C1CC(C(OC(N)=O)c2ccccc2)C1. The molecule has 0 heterocycles. The van der Waals surface area contributed by atoms with Gasteiger partial charge in [0.2, 0.25) is 5.91 Å². The molecule has 1 saturated carbocycles. The molecule has 0 bridgehead atoms. The summed E-state index contributed by atoms with van der Waals surface area (Å²) >= 11 is 0. The molecule has 19 heavy (non-hydrogen) atoms. The lowest BCUT2D eigenvalue weighted by molar-refractivity contribution is -0.131. The van der Waals surface area contributed by atoms with Gasteiger partial charge in [0.15, 0.2) is 0 Å². The highest BCUT2D eigenvalue weighted by Crippen LogP contribution is 2.43. The fraction of sp³-hybridized carbons (Fsp3) is 0.385. The maximum absolute atomic E-state index is 11.4. The molecule has 0 aliphatic heterocycles. The van der Waals surface area contributed by atoms with E-state index in [-0.39, 0.29) is 17.7 Å². The highest BCUT2D eigenvalue weighted by atomic mass is 16.6. The Morgan fingerprint density at radius 3 is 2.42 bits per heavy atom. The number of carbonyl (C=O) groups excluding carboxylic acids is 2. The zero-order valence-electron chi connectivity index (χ0n) is 10.4. The Morgan fingerprint density at radius 1 is 1.26 bits per heavy atom. The maximum atomic E-state index is 11.4. The van der Waals surface area contributed by atoms with E-state index in [9.17, 15) is 9.59 Å². The third kappa shape index (κ3) is 3.03. The summed E-state index contributed by atoms with van der Waals surface area (Å²) in [6.45, 7) is 0. The van der Waals surface area contributed by atoms with Crippen molar-refractivity contribution in [1.82, 2.24) is 5.43 Å². The van der Waals surface area contributed by atoms with Crippen LogP contribution in [-0.2, 0) is 9.53 Å². The number of amides is 2. The van der Waals surface area contributed by atoms with Crippen molar-refractivity contribution in [2.75, 3.05) is 0 Å². The fourth-order valence-corrected chi connectivity index (χ4v) is 2.45. The van der Waals surface area contributed by atoms with Crippen molar-refractivity contribution in [2.24, 2.45) is 23.4 Å². The van der Waals surface area contributed by atoms with E-state index in [0.29, 0.717) is 12.8 Å². The lowest BCUT2D eigenvalue weighted by Crippen LogP contribution is -2.44. The fourth-order valence-electron chi connectivity index (χ4n) is 2.45. The Bertz CT molecular complexity index is 457. The largest absolute Gasteiger partial charge is 0.441 e. The minimum atomic E-state index is -0.805. The van der Waals surface area contributed by atoms with Gasteiger partial charge in [-0.25, -0.2) is 10.6 Å². The highest BCUT2D eigenvalue weighted by Gasteiger charge is 2.41. The van der Waals surface area contributed by atoms with Gasteiger partial charge in [-0.3, -0.25) is 10.2 Å². The predicted molar refractivity (Wildman–Crippen MR) is 68.4 cm³/mol. The van der Waals surface area contributed by atoms with Crippen LogP contribution in [0.1, 0.15) is 24.5 Å². The summed E-state index contributed by atoms with van der Waals surface area (Å²) in [7, 11) is 0. The number of primary amides is 1. The molecule has 0 saturated heterocycles. The predicted octanol–water partition coefficient (Wildman–Crippen LogP) is 0.839. The van der Waals surface area contributed by atoms with Gasteiger partial charge in [-0.1, -0.05) is 30.3 Å². The Balaban J connectivity index is 2.05. The van der Waals surface area contributed by atoms with Crippen molar-refractivity contribution < 1.29 is 14.3 Å². The lowest BCUT2D eigenvalue weighted by atomic mass is 9.70. The van der Waals surface area contributed by atoms with Crippen LogP contribution in [0.5, 0.6) is 0 Å². The van der Waals surface area contributed by atoms with E-state index in [2.05, 4.69) is 5.43 Å². The summed E-state index contributed by atoms with van der Waals surface area (Å²) < 4.78 is 5.18. The average Bonchev–Trinajstić information content (AvgIpc) is 2.36. The van der Waals surface area contributed by atoms with Crippen LogP contribution in [0.25, 0.3) is 0 Å². The molecule has 2 amide bonds. The molecule has 1 unspecified atom stereocenters. The first-order valence-electron chi connectivity index (χ1n) is 6.13. The summed E-state index contributed by atoms with van der Waals surface area (Å²) in [6, 6.07) is 9.38. The van der Waals surface area contributed by atoms with Crippen molar-refractivity contribution in [2.45, 2.75) is 18.9 Å². The van der Waals surface area contributed by atoms with Crippen LogP contribution in [-0.4, -0.2) is 12.0 Å². The minimum absolute atomic E-state index is 0.0946. The van der Waals surface area contributed by atoms with Crippen LogP contribution in [0.15, 0.2) is 30.3 Å². The summed E-state index contributed by atoms with van der Waals surface area (Å²) in [4.78, 5) is 22.4. The van der Waals surface area contributed by atoms with Crippen molar-refractivity contribution >= 4 is 12.0 Å². The molecule has 0 spiro atoms. The molecule has 102 valence electrons. The van der Waals surface area contributed by atoms with Gasteiger partial charge in [0.05, 0.1) is 0 Å². The number of benzene rings is 1. The molecule has 1 aliphatic rings. The Morgan fingerprint density at radius 2 is 1.89 bits per heavy atom. The first-order valence-corrected chi connectivity index (χ1v) is 6.13. The van der Waals surface area contributed by atoms with Crippen LogP contribution >= 0.6 is 0 Å². The third-order valence-corrected chi connectivity index (χ3v) is 3.49. The molecule has 1 aromatic rings. The van der Waals surface area contributed by atoms with E-state index in [4.69, 9.17) is 16.3 Å². The summed E-state index contributed by atoms with van der Waals surface area (Å²) in [5.74, 6) is 4.89. The number of hydrazine groups is 1. The number of hydrogen-bond donors (Lipinski definition) is 3. The van der Waals surface area contributed by atoms with E-state index < -0.39 is 12.2 Å². The van der Waals surface area contributed by atoms with Gasteiger partial charge in [-0.05, 0) is 18.4 Å². The molecule has 1 atom stereocenters. The normalized spacial score (nSPS) is 23.0. The zero-order chi connectivity index (χ0) is 13.8. The summed E-state index contributed by atoms with van der Waals surface area (Å²) in [5, 5.41) is 0. The molecule has 6 nitrogen and oxygen atoms in total. The van der Waals surface area contributed by atoms with Crippen molar-refractivity contribution in [3.05, 3.63) is 35.9 Å². The molecule has 0 aromatic heterocycles. The van der Waals surface area contributed by atoms with Gasteiger partial charge in [0.1, 0.15) is 6.10 Å². The molecule has 2 rings (SSSR count). The standard InChI is InChI=1S/C13H17N3O3/c14-13(18)19-11(8-4-2-1-3-5-8)9-6-10(7-9)12(17)16-15/h1-5,9-11H,6-7,15H2,(H2,14,18)(H,16,17). The second-order valence-corrected chi connectivity index (χ2v) is 4.71. The molecule has 1 fully saturated rings. The Labute approximate surface area is 111 Å². The smallest absolute Gasteiger partial charge is 0.405 e. The van der Waals surface area contributed by atoms with Crippen LogP contribution in [0, 0.1) is 11.8 Å². The minimum Gasteiger partial charge on any atom is -0.441 e. The van der Waals surface area contributed by atoms with Gasteiger partial charge >= 0.3 is 6.09 Å². The number of nitrogens with one attached hydrogen (secondary N) is 1. The van der Waals surface area contributed by atoms with Crippen molar-refractivity contribution in [1.29, 1.82) is 0 Å². The van der Waals surface area contributed by atoms with Crippen LogP contribution < -0.4 is 17.0 Å². The van der Waals surface area contributed by atoms with Crippen LogP contribution in [0.2, 0.25) is 0 Å². The second kappa shape index (κ2) is 5.71. The first kappa shape index (κ1) is 13.4. The van der Waals surface area contributed by atoms with E-state index in [1.54, 1.807) is 0 Å². The molecule has 5 N–H and O–H groups in total. The molecule has 1 aliphatic carbocycles. The summed E-state index contributed by atoms with van der Waals surface area (Å²) in [6.07, 6.45) is 0.0623. The Hall–Kier alpha value is -2.08. The number of ether oxygens (including phenoxy) is 1. The summed E-state index contributed by atoms with van der Waals surface area (Å²) in [5.41, 5.74) is 8.13. The van der Waals surface area contributed by atoms with E-state index in [1.165, 1.54) is 0 Å². The van der Waals surface area contributed by atoms with E-state index in [1.807, 2.05) is 30.3 Å². The third-order valence-electron chi connectivity index (χ3n) is 3.49. The molecular formula is C13H17N3O3. The van der Waals surface area contributed by atoms with Crippen LogP contribution in [0.3, 0.4) is 0 Å². The number of rotatable bonds is 4. The number of hydrogen-bond acceptors (Lipinski definition) is 4. The quantitative estimate of drug-likeness (QED) is 0.425. The maximum Gasteiger partial charge on any atom is 0.405 e. The van der Waals surface area contributed by atoms with Gasteiger partial charge < -0.3 is 10.5 Å². The first-order chi connectivity index (χ1) is 9.11. The highest BCUT2D eigenvalue weighted by molar-refractivity contribution is 5.78. The monoisotopic (exact) mass is 263 g/mol. The lowest BCUT2D eigenvalue weighted by Gasteiger charge is -2.38. The van der Waals surface area contributed by atoms with Gasteiger partial charge in [0, 0.05) is 11.8 Å². The topological polar surface area (TPSA) is 107 Å². The second-order valence-electron chi connectivity index (χ2n) is 4.71. The van der Waals surface area contributed by atoms with Gasteiger partial charge in [-0.15, -0.1) is 0 Å². The van der Waals surface area contributed by atoms with Crippen molar-refractivity contribution in [3.63, 3.8) is 0 Å². The molecular weight excluding hydrogens is 246 g/mol. The van der Waals surface area contributed by atoms with Crippen LogP contribution in [0.4, 0.5) is 4.79 Å². The van der Waals surface area contributed by atoms with Gasteiger partial charge in [0.25, 0.3) is 0 Å². The Kier molecular flexibility index (Phi) is 4.01. The van der Waals surface area contributed by atoms with Gasteiger partial charge in [-0.2, -0.15) is 0 Å². The molecule has 1 aromatic carbocycles. The average molecular weight is 263 g/mol. The molecule has 6 heteroatoms. The molecule has 0 radical (unpaired) electrons.